The Morgan fingerprint density at radius 2 is 2.38 bits per heavy atom. The maximum atomic E-state index is 4.46. The van der Waals surface area contributed by atoms with Crippen LogP contribution >= 0.6 is 0 Å². The van der Waals surface area contributed by atoms with Gasteiger partial charge in [0.2, 0.25) is 0 Å². The van der Waals surface area contributed by atoms with Crippen molar-refractivity contribution in [1.82, 2.24) is 4.90 Å². The van der Waals surface area contributed by atoms with Crippen molar-refractivity contribution in [2.75, 3.05) is 0 Å². The molecule has 1 fully saturated rings. The SMILES string of the molecule is C1=CCC2CC3N=CC=CN3C2=C1. The number of hydrogen-bond donors (Lipinski definition) is 0. The number of hydrogen-bond acceptors (Lipinski definition) is 2. The van der Waals surface area contributed by atoms with Crippen LogP contribution in [0.5, 0.6) is 0 Å². The zero-order valence-electron chi connectivity index (χ0n) is 7.43. The summed E-state index contributed by atoms with van der Waals surface area (Å²) in [6.07, 6.45) is 15.4. The molecule has 66 valence electrons. The van der Waals surface area contributed by atoms with Gasteiger partial charge < -0.3 is 4.90 Å². The molecule has 0 aromatic heterocycles. The van der Waals surface area contributed by atoms with Crippen molar-refractivity contribution in [3.8, 4) is 0 Å². The molecule has 0 amide bonds. The second-order valence-electron chi connectivity index (χ2n) is 3.72. The van der Waals surface area contributed by atoms with E-state index in [4.69, 9.17) is 0 Å². The topological polar surface area (TPSA) is 15.6 Å². The van der Waals surface area contributed by atoms with Crippen molar-refractivity contribution in [1.29, 1.82) is 0 Å². The van der Waals surface area contributed by atoms with Crippen LogP contribution in [0.25, 0.3) is 0 Å². The van der Waals surface area contributed by atoms with Gasteiger partial charge in [-0.25, -0.2) is 0 Å². The Balaban J connectivity index is 1.99. The summed E-state index contributed by atoms with van der Waals surface area (Å²) in [5, 5.41) is 0. The molecule has 0 N–H and O–H groups in total. The zero-order valence-corrected chi connectivity index (χ0v) is 7.43. The summed E-state index contributed by atoms with van der Waals surface area (Å²) in [6, 6.07) is 0. The highest BCUT2D eigenvalue weighted by atomic mass is 15.3. The fourth-order valence-corrected chi connectivity index (χ4v) is 2.32. The average molecular weight is 172 g/mol. The van der Waals surface area contributed by atoms with Crippen molar-refractivity contribution in [2.45, 2.75) is 19.0 Å². The lowest BCUT2D eigenvalue weighted by molar-refractivity contribution is 0.400. The van der Waals surface area contributed by atoms with Crippen LogP contribution in [0.1, 0.15) is 12.8 Å². The molecule has 0 bridgehead atoms. The quantitative estimate of drug-likeness (QED) is 0.546. The van der Waals surface area contributed by atoms with E-state index in [1.54, 1.807) is 0 Å². The van der Waals surface area contributed by atoms with Crippen molar-refractivity contribution < 1.29 is 0 Å². The summed E-state index contributed by atoms with van der Waals surface area (Å²) in [5.41, 5.74) is 1.45. The Kier molecular flexibility index (Phi) is 1.42. The molecule has 2 atom stereocenters. The highest BCUT2D eigenvalue weighted by Gasteiger charge is 2.34. The Labute approximate surface area is 78.0 Å². The standard InChI is InChI=1S/C11H12N2/c1-2-5-10-9(4-1)8-11-12-6-3-7-13(10)11/h1-3,5-7,9,11H,4,8H2. The molecule has 2 nitrogen and oxygen atoms in total. The lowest BCUT2D eigenvalue weighted by Crippen LogP contribution is -2.23. The van der Waals surface area contributed by atoms with E-state index in [1.807, 2.05) is 12.3 Å². The smallest absolute Gasteiger partial charge is 0.125 e. The second-order valence-corrected chi connectivity index (χ2v) is 3.72. The van der Waals surface area contributed by atoms with Crippen LogP contribution in [0, 0.1) is 5.92 Å². The van der Waals surface area contributed by atoms with Crippen molar-refractivity contribution >= 4 is 6.21 Å². The molecule has 3 rings (SSSR count). The normalized spacial score (nSPS) is 34.5. The summed E-state index contributed by atoms with van der Waals surface area (Å²) in [7, 11) is 0. The van der Waals surface area contributed by atoms with Gasteiger partial charge in [-0.1, -0.05) is 12.2 Å². The van der Waals surface area contributed by atoms with E-state index < -0.39 is 0 Å². The van der Waals surface area contributed by atoms with Crippen molar-refractivity contribution in [2.24, 2.45) is 10.9 Å². The van der Waals surface area contributed by atoms with Crippen molar-refractivity contribution in [3.63, 3.8) is 0 Å². The molecule has 2 heteroatoms. The van der Waals surface area contributed by atoms with Crippen LogP contribution in [0.15, 0.2) is 41.2 Å². The van der Waals surface area contributed by atoms with Gasteiger partial charge in [0.15, 0.2) is 0 Å². The molecule has 2 aliphatic heterocycles. The van der Waals surface area contributed by atoms with Gasteiger partial charge in [-0.15, -0.1) is 0 Å². The van der Waals surface area contributed by atoms with E-state index in [1.165, 1.54) is 18.5 Å². The first-order chi connectivity index (χ1) is 6.45. The third kappa shape index (κ3) is 0.981. The summed E-state index contributed by atoms with van der Waals surface area (Å²) < 4.78 is 0. The van der Waals surface area contributed by atoms with Crippen molar-refractivity contribution in [3.05, 3.63) is 36.2 Å². The number of allylic oxidation sites excluding steroid dienone is 5. The van der Waals surface area contributed by atoms with Crippen LogP contribution < -0.4 is 0 Å². The first-order valence-electron chi connectivity index (χ1n) is 4.80. The van der Waals surface area contributed by atoms with Crippen LogP contribution in [-0.2, 0) is 0 Å². The summed E-state index contributed by atoms with van der Waals surface area (Å²) >= 11 is 0. The van der Waals surface area contributed by atoms with Crippen LogP contribution in [0.2, 0.25) is 0 Å². The van der Waals surface area contributed by atoms with Gasteiger partial charge in [0.05, 0.1) is 0 Å². The highest BCUT2D eigenvalue weighted by molar-refractivity contribution is 5.72. The van der Waals surface area contributed by atoms with Gasteiger partial charge in [0.25, 0.3) is 0 Å². The molecule has 0 aromatic carbocycles. The summed E-state index contributed by atoms with van der Waals surface area (Å²) in [5.74, 6) is 0.704. The van der Waals surface area contributed by atoms with E-state index >= 15 is 0 Å². The third-order valence-corrected chi connectivity index (χ3v) is 2.95. The first-order valence-corrected chi connectivity index (χ1v) is 4.80. The Morgan fingerprint density at radius 1 is 1.38 bits per heavy atom. The molecule has 0 aromatic rings. The van der Waals surface area contributed by atoms with Gasteiger partial charge in [-0.2, -0.15) is 0 Å². The molecule has 0 radical (unpaired) electrons. The number of rotatable bonds is 0. The van der Waals surface area contributed by atoms with Gasteiger partial charge in [0, 0.05) is 24.0 Å². The van der Waals surface area contributed by atoms with Crippen LogP contribution in [-0.4, -0.2) is 17.3 Å². The summed E-state index contributed by atoms with van der Waals surface area (Å²) in [4.78, 5) is 6.76. The van der Waals surface area contributed by atoms with Crippen LogP contribution in [0.3, 0.4) is 0 Å². The van der Waals surface area contributed by atoms with Gasteiger partial charge in [-0.05, 0) is 25.0 Å². The van der Waals surface area contributed by atoms with E-state index in [0.29, 0.717) is 12.1 Å². The maximum absolute atomic E-state index is 4.46. The predicted molar refractivity (Wildman–Crippen MR) is 53.2 cm³/mol. The van der Waals surface area contributed by atoms with Crippen LogP contribution in [0.4, 0.5) is 0 Å². The minimum Gasteiger partial charge on any atom is -0.329 e. The number of aliphatic imine (C=N–C) groups is 1. The Morgan fingerprint density at radius 3 is 3.38 bits per heavy atom. The lowest BCUT2D eigenvalue weighted by Gasteiger charge is -2.23. The van der Waals surface area contributed by atoms with E-state index in [2.05, 4.69) is 34.3 Å². The molecule has 0 saturated carbocycles. The van der Waals surface area contributed by atoms with E-state index in [9.17, 15) is 0 Å². The largest absolute Gasteiger partial charge is 0.329 e. The maximum Gasteiger partial charge on any atom is 0.125 e. The minimum absolute atomic E-state index is 0.376. The summed E-state index contributed by atoms with van der Waals surface area (Å²) in [6.45, 7) is 0. The van der Waals surface area contributed by atoms with E-state index in [0.717, 1.165) is 0 Å². The minimum atomic E-state index is 0.376. The molecular formula is C11H12N2. The molecule has 1 saturated heterocycles. The third-order valence-electron chi connectivity index (χ3n) is 2.95. The molecule has 1 aliphatic carbocycles. The zero-order chi connectivity index (χ0) is 8.67. The van der Waals surface area contributed by atoms with Gasteiger partial charge in [0.1, 0.15) is 6.17 Å². The Hall–Kier alpha value is -1.31. The lowest BCUT2D eigenvalue weighted by atomic mass is 9.97. The fourth-order valence-electron chi connectivity index (χ4n) is 2.32. The Bertz CT molecular complexity index is 336. The monoisotopic (exact) mass is 172 g/mol. The first kappa shape index (κ1) is 7.13. The molecule has 13 heavy (non-hydrogen) atoms. The molecule has 2 unspecified atom stereocenters. The second kappa shape index (κ2) is 2.59. The molecular weight excluding hydrogens is 160 g/mol. The fraction of sp³-hybridized carbons (Fsp3) is 0.364. The van der Waals surface area contributed by atoms with E-state index in [-0.39, 0.29) is 0 Å². The average Bonchev–Trinajstić information content (AvgIpc) is 2.56. The number of fused-ring (bicyclic) bond motifs is 3. The molecule has 0 spiro atoms. The predicted octanol–water partition coefficient (Wildman–Crippen LogP) is 2.08. The number of nitrogens with zero attached hydrogens (tertiary/aromatic N) is 2. The molecule has 3 aliphatic rings. The van der Waals surface area contributed by atoms with Gasteiger partial charge >= 0.3 is 0 Å². The highest BCUT2D eigenvalue weighted by Crippen LogP contribution is 2.38. The van der Waals surface area contributed by atoms with Gasteiger partial charge in [-0.3, -0.25) is 4.99 Å². The molecule has 2 heterocycles.